The van der Waals surface area contributed by atoms with E-state index >= 15 is 0 Å². The van der Waals surface area contributed by atoms with E-state index in [1.165, 1.54) is 22.8 Å². The number of anilines is 1. The fraction of sp³-hybridized carbons (Fsp3) is 0.455. The van der Waals surface area contributed by atoms with E-state index in [2.05, 4.69) is 15.3 Å². The molecule has 9 nitrogen and oxygen atoms in total. The number of aromatic nitrogens is 4. The third kappa shape index (κ3) is 5.38. The maximum absolute atomic E-state index is 13.2. The minimum Gasteiger partial charge on any atom is -0.324 e. The lowest BCUT2D eigenvalue weighted by molar-refractivity contribution is -0.137. The van der Waals surface area contributed by atoms with Gasteiger partial charge in [0.05, 0.1) is 24.3 Å². The van der Waals surface area contributed by atoms with Crippen molar-refractivity contribution in [3.63, 3.8) is 0 Å². The summed E-state index contributed by atoms with van der Waals surface area (Å²) in [4.78, 5) is 45.7. The molecule has 0 saturated heterocycles. The molecule has 2 aromatic heterocycles. The minimum absolute atomic E-state index is 0.150. The van der Waals surface area contributed by atoms with Crippen LogP contribution in [0.1, 0.15) is 38.1 Å². The van der Waals surface area contributed by atoms with Gasteiger partial charge in [-0.1, -0.05) is 32.4 Å². The van der Waals surface area contributed by atoms with Gasteiger partial charge in [-0.25, -0.2) is 9.78 Å². The Bertz CT molecular complexity index is 1290. The number of rotatable bonds is 9. The molecule has 2 N–H and O–H groups in total. The highest BCUT2D eigenvalue weighted by atomic mass is 19.4. The minimum atomic E-state index is -4.60. The Morgan fingerprint density at radius 2 is 1.91 bits per heavy atom. The van der Waals surface area contributed by atoms with Crippen molar-refractivity contribution in [1.29, 1.82) is 0 Å². The van der Waals surface area contributed by atoms with E-state index in [4.69, 9.17) is 0 Å². The Labute approximate surface area is 193 Å². The summed E-state index contributed by atoms with van der Waals surface area (Å²) in [5.41, 5.74) is -1.83. The summed E-state index contributed by atoms with van der Waals surface area (Å²) in [5.74, 6) is -0.170. The van der Waals surface area contributed by atoms with Crippen LogP contribution in [-0.4, -0.2) is 43.0 Å². The Morgan fingerprint density at radius 1 is 1.21 bits per heavy atom. The molecule has 0 saturated carbocycles. The standard InChI is InChI=1S/C22H27F3N6O3/c1-4-6-11-31-19-18(20(33)28-21(31)34)29(3)16(27-19)12-30(5-2)13-17(32)26-15-10-8-7-9-14(15)22(23,24)25/h7-10H,4-6,11-13H2,1-3H3,(H,26,32)(H,28,33,34). The largest absolute Gasteiger partial charge is 0.418 e. The van der Waals surface area contributed by atoms with Crippen molar-refractivity contribution in [2.45, 2.75) is 46.0 Å². The van der Waals surface area contributed by atoms with Crippen molar-refractivity contribution < 1.29 is 18.0 Å². The van der Waals surface area contributed by atoms with Gasteiger partial charge in [-0.2, -0.15) is 13.2 Å². The first kappa shape index (κ1) is 25.2. The predicted octanol–water partition coefficient (Wildman–Crippen LogP) is 2.70. The number of benzene rings is 1. The lowest BCUT2D eigenvalue weighted by atomic mass is 10.1. The van der Waals surface area contributed by atoms with Crippen LogP contribution in [0.15, 0.2) is 33.9 Å². The molecule has 3 aromatic rings. The molecule has 0 spiro atoms. The van der Waals surface area contributed by atoms with Gasteiger partial charge in [0.25, 0.3) is 5.56 Å². The van der Waals surface area contributed by atoms with Crippen LogP contribution >= 0.6 is 0 Å². The fourth-order valence-electron chi connectivity index (χ4n) is 3.67. The Kier molecular flexibility index (Phi) is 7.60. The number of carbonyl (C=O) groups excluding carboxylic acids is 1. The second-order valence-electron chi connectivity index (χ2n) is 7.92. The van der Waals surface area contributed by atoms with Gasteiger partial charge in [-0.15, -0.1) is 0 Å². The monoisotopic (exact) mass is 480 g/mol. The number of para-hydroxylation sites is 1. The molecule has 2 heterocycles. The van der Waals surface area contributed by atoms with Gasteiger partial charge in [-0.05, 0) is 25.1 Å². The van der Waals surface area contributed by atoms with Crippen molar-refractivity contribution in [3.05, 3.63) is 56.5 Å². The average molecular weight is 480 g/mol. The van der Waals surface area contributed by atoms with Crippen LogP contribution in [0.2, 0.25) is 0 Å². The first-order valence-corrected chi connectivity index (χ1v) is 10.9. The number of halogens is 3. The Morgan fingerprint density at radius 3 is 2.56 bits per heavy atom. The number of nitrogens with zero attached hydrogens (tertiary/aromatic N) is 4. The van der Waals surface area contributed by atoms with E-state index in [0.717, 1.165) is 18.9 Å². The second kappa shape index (κ2) is 10.2. The highest BCUT2D eigenvalue weighted by Crippen LogP contribution is 2.34. The number of alkyl halides is 3. The van der Waals surface area contributed by atoms with Crippen LogP contribution in [0.25, 0.3) is 11.2 Å². The van der Waals surface area contributed by atoms with Gasteiger partial charge in [0.2, 0.25) is 5.91 Å². The number of carbonyl (C=O) groups is 1. The van der Waals surface area contributed by atoms with Crippen LogP contribution in [0.3, 0.4) is 0 Å². The van der Waals surface area contributed by atoms with E-state index in [9.17, 15) is 27.6 Å². The maximum atomic E-state index is 13.2. The lowest BCUT2D eigenvalue weighted by Crippen LogP contribution is -2.34. The summed E-state index contributed by atoms with van der Waals surface area (Å²) in [6, 6.07) is 4.77. The molecular weight excluding hydrogens is 453 g/mol. The zero-order chi connectivity index (χ0) is 25.0. The summed E-state index contributed by atoms with van der Waals surface area (Å²) in [7, 11) is 1.64. The van der Waals surface area contributed by atoms with Gasteiger partial charge in [-0.3, -0.25) is 24.0 Å². The summed E-state index contributed by atoms with van der Waals surface area (Å²) >= 11 is 0. The van der Waals surface area contributed by atoms with Crippen LogP contribution in [0.5, 0.6) is 0 Å². The normalized spacial score (nSPS) is 12.0. The third-order valence-electron chi connectivity index (χ3n) is 5.53. The van der Waals surface area contributed by atoms with E-state index in [1.807, 2.05) is 6.92 Å². The van der Waals surface area contributed by atoms with E-state index in [1.54, 1.807) is 23.4 Å². The van der Waals surface area contributed by atoms with Crippen LogP contribution in [-0.2, 0) is 31.1 Å². The molecule has 0 unspecified atom stereocenters. The van der Waals surface area contributed by atoms with Crippen LogP contribution < -0.4 is 16.6 Å². The average Bonchev–Trinajstić information content (AvgIpc) is 3.09. The van der Waals surface area contributed by atoms with Gasteiger partial charge < -0.3 is 9.88 Å². The van der Waals surface area contributed by atoms with Crippen molar-refractivity contribution in [3.8, 4) is 0 Å². The van der Waals surface area contributed by atoms with Gasteiger partial charge in [0.1, 0.15) is 5.82 Å². The smallest absolute Gasteiger partial charge is 0.324 e. The number of H-pyrrole nitrogens is 1. The highest BCUT2D eigenvalue weighted by molar-refractivity contribution is 5.93. The molecule has 0 fully saturated rings. The topological polar surface area (TPSA) is 105 Å². The number of amides is 1. The summed E-state index contributed by atoms with van der Waals surface area (Å²) in [5, 5.41) is 2.33. The third-order valence-corrected chi connectivity index (χ3v) is 5.53. The van der Waals surface area contributed by atoms with Crippen molar-refractivity contribution >= 4 is 22.8 Å². The predicted molar refractivity (Wildman–Crippen MR) is 122 cm³/mol. The molecule has 1 aromatic carbocycles. The van der Waals surface area contributed by atoms with Gasteiger partial charge in [0, 0.05) is 13.6 Å². The number of hydrogen-bond donors (Lipinski definition) is 2. The molecule has 0 bridgehead atoms. The first-order chi connectivity index (χ1) is 16.1. The van der Waals surface area contributed by atoms with Crippen LogP contribution in [0, 0.1) is 0 Å². The molecule has 0 aliphatic heterocycles. The quantitative estimate of drug-likeness (QED) is 0.490. The van der Waals surface area contributed by atoms with E-state index in [0.29, 0.717) is 18.9 Å². The molecular formula is C22H27F3N6O3. The summed E-state index contributed by atoms with van der Waals surface area (Å²) in [6.07, 6.45) is -3.02. The summed E-state index contributed by atoms with van der Waals surface area (Å²) < 4.78 is 42.6. The Balaban J connectivity index is 1.83. The second-order valence-corrected chi connectivity index (χ2v) is 7.92. The number of fused-ring (bicyclic) bond motifs is 1. The zero-order valence-electron chi connectivity index (χ0n) is 19.2. The number of likely N-dealkylation sites (N-methyl/N-ethyl adjacent to an activating group) is 1. The molecule has 184 valence electrons. The first-order valence-electron chi connectivity index (χ1n) is 10.9. The number of aryl methyl sites for hydroxylation is 2. The zero-order valence-corrected chi connectivity index (χ0v) is 19.2. The molecule has 0 aliphatic carbocycles. The van der Waals surface area contributed by atoms with Crippen molar-refractivity contribution in [2.24, 2.45) is 7.05 Å². The molecule has 0 atom stereocenters. The van der Waals surface area contributed by atoms with Gasteiger partial charge >= 0.3 is 11.9 Å². The number of aromatic amines is 1. The van der Waals surface area contributed by atoms with Crippen LogP contribution in [0.4, 0.5) is 18.9 Å². The lowest BCUT2D eigenvalue weighted by Gasteiger charge is -2.20. The number of hydrogen-bond acceptors (Lipinski definition) is 5. The van der Waals surface area contributed by atoms with E-state index < -0.39 is 28.9 Å². The van der Waals surface area contributed by atoms with Gasteiger partial charge in [0.15, 0.2) is 11.2 Å². The number of nitrogens with one attached hydrogen (secondary N) is 2. The van der Waals surface area contributed by atoms with Crippen molar-refractivity contribution in [2.75, 3.05) is 18.4 Å². The highest BCUT2D eigenvalue weighted by Gasteiger charge is 2.33. The van der Waals surface area contributed by atoms with Crippen molar-refractivity contribution in [1.82, 2.24) is 24.0 Å². The molecule has 34 heavy (non-hydrogen) atoms. The molecule has 3 rings (SSSR count). The molecule has 12 heteroatoms. The number of unbranched alkanes of at least 4 members (excludes halogenated alkanes) is 1. The fourth-order valence-corrected chi connectivity index (χ4v) is 3.67. The molecule has 0 radical (unpaired) electrons. The molecule has 1 amide bonds. The maximum Gasteiger partial charge on any atom is 0.418 e. The summed E-state index contributed by atoms with van der Waals surface area (Å²) in [6.45, 7) is 4.54. The number of imidazole rings is 1. The molecule has 0 aliphatic rings. The SMILES string of the molecule is CCCCn1c(=O)[nH]c(=O)c2c1nc(CN(CC)CC(=O)Nc1ccccc1C(F)(F)F)n2C. The van der Waals surface area contributed by atoms with E-state index in [-0.39, 0.29) is 29.9 Å². The Hall–Kier alpha value is -3.41.